The summed E-state index contributed by atoms with van der Waals surface area (Å²) in [6, 6.07) is 20.6. The molecule has 0 unspecified atom stereocenters. The Kier molecular flexibility index (Phi) is 23.7. The normalized spacial score (nSPS) is 12.6. The molecule has 6 rings (SSSR count). The minimum absolute atomic E-state index is 0. The number of fused-ring (bicyclic) bond motifs is 2. The van der Waals surface area contributed by atoms with Gasteiger partial charge in [-0.1, -0.05) is 74.5 Å². The molecule has 3 heterocycles. The molecule has 0 saturated carbocycles. The van der Waals surface area contributed by atoms with Crippen LogP contribution in [0.4, 0.5) is 0 Å². The first-order chi connectivity index (χ1) is 29.4. The number of nitrogens with one attached hydrogen (secondary N) is 4. The second kappa shape index (κ2) is 27.4. The number of hydrogen-bond acceptors (Lipinski definition) is 10. The maximum absolute atomic E-state index is 14.4. The molecule has 16 nitrogen and oxygen atoms in total. The van der Waals surface area contributed by atoms with Crippen molar-refractivity contribution in [3.63, 3.8) is 0 Å². The lowest BCUT2D eigenvalue weighted by atomic mass is 9.99. The third-order valence-electron chi connectivity index (χ3n) is 10.1. The third kappa shape index (κ3) is 16.1. The first-order valence-electron chi connectivity index (χ1n) is 20.2. The van der Waals surface area contributed by atoms with Crippen LogP contribution in [-0.4, -0.2) is 79.7 Å². The standard InChI is InChI=1S/C44H53N11O5S.4H2S/c1-27(2)19-36(41(58)51-35(16-10-18-49-44(46)47)39(56)43-54-34-15-8-9-17-38(34)61-43)53-42(59)37(20-29-22-50-33-14-7-6-13-31(29)33)52-40(57)32(45)21-30-23-48-25-55(30)26-60-24-28-11-4-3-5-12-28;;;;/h3-9,11-15,17,22-23,25,27,32,35-37,50H,10,16,18-21,24,26,45H2,1-2H3,(H,51,58)(H,52,57)(H,53,59)(H4,46,47,49);4*1H2/t32-,35-,36-,37-;;;;/m0..../s1. The Morgan fingerprint density at radius 1 is 0.831 bits per heavy atom. The SMILES string of the molecule is CC(C)C[C@H](NC(=O)[C@H](Cc1c[nH]c2ccccc12)NC(=O)[C@@H](N)Cc1cncn1COCc1ccccc1)C(=O)N[C@@H](CCCN=C(N)N)C(=O)c1nc2ccccc2s1.S.S.S.S. The Labute approximate surface area is 410 Å². The topological polar surface area (TPSA) is 251 Å². The number of Topliss-reactive ketones (excluding diaryl/α,β-unsaturated/α-hetero) is 1. The van der Waals surface area contributed by atoms with E-state index in [1.54, 1.807) is 23.3 Å². The van der Waals surface area contributed by atoms with Gasteiger partial charge < -0.3 is 47.4 Å². The van der Waals surface area contributed by atoms with E-state index in [9.17, 15) is 19.2 Å². The molecule has 0 aliphatic heterocycles. The number of nitrogens with two attached hydrogens (primary N) is 3. The van der Waals surface area contributed by atoms with Crippen molar-refractivity contribution in [3.8, 4) is 0 Å². The number of carbonyl (C=O) groups excluding carboxylic acids is 4. The molecule has 0 saturated heterocycles. The van der Waals surface area contributed by atoms with E-state index >= 15 is 0 Å². The molecule has 6 aromatic rings. The number of aromatic amines is 1. The van der Waals surface area contributed by atoms with Crippen LogP contribution < -0.4 is 33.2 Å². The highest BCUT2D eigenvalue weighted by atomic mass is 32.1. The van der Waals surface area contributed by atoms with E-state index in [0.717, 1.165) is 26.7 Å². The lowest BCUT2D eigenvalue weighted by Gasteiger charge is -2.26. The molecule has 65 heavy (non-hydrogen) atoms. The zero-order valence-electron chi connectivity index (χ0n) is 36.3. The van der Waals surface area contributed by atoms with Gasteiger partial charge in [-0.25, -0.2) is 9.97 Å². The summed E-state index contributed by atoms with van der Waals surface area (Å²) in [7, 11) is 0. The molecule has 3 amide bonds. The molecule has 0 radical (unpaired) electrons. The van der Waals surface area contributed by atoms with Gasteiger partial charge in [0.2, 0.25) is 23.5 Å². The quantitative estimate of drug-likeness (QED) is 0.0222. The van der Waals surface area contributed by atoms with Crippen molar-refractivity contribution in [1.29, 1.82) is 0 Å². The van der Waals surface area contributed by atoms with Gasteiger partial charge in [-0.05, 0) is 54.5 Å². The van der Waals surface area contributed by atoms with Crippen LogP contribution >= 0.6 is 65.3 Å². The van der Waals surface area contributed by atoms with Gasteiger partial charge in [0.1, 0.15) is 18.8 Å². The molecular formula is C44H61N11O5S5. The maximum Gasteiger partial charge on any atom is 0.243 e. The fourth-order valence-corrected chi connectivity index (χ4v) is 7.90. The Bertz CT molecular complexity index is 2420. The van der Waals surface area contributed by atoms with Gasteiger partial charge in [0, 0.05) is 48.4 Å². The van der Waals surface area contributed by atoms with Gasteiger partial charge in [-0.15, -0.1) is 11.3 Å². The molecule has 0 aliphatic carbocycles. The number of imidazole rings is 1. The first kappa shape index (κ1) is 56.1. The van der Waals surface area contributed by atoms with E-state index in [1.807, 2.05) is 92.7 Å². The minimum Gasteiger partial charge on any atom is -0.370 e. The number of nitrogens with zero attached hydrogens (tertiary/aromatic N) is 4. The van der Waals surface area contributed by atoms with Crippen LogP contribution in [0.25, 0.3) is 21.1 Å². The van der Waals surface area contributed by atoms with E-state index in [2.05, 4.69) is 35.9 Å². The number of ketones is 1. The maximum atomic E-state index is 14.4. The number of benzene rings is 3. The average molecular weight is 984 g/mol. The number of thiazole rings is 1. The molecule has 0 spiro atoms. The molecule has 21 heteroatoms. The van der Waals surface area contributed by atoms with Crippen LogP contribution in [0.15, 0.2) is 103 Å². The summed E-state index contributed by atoms with van der Waals surface area (Å²) in [6.07, 6.45) is 6.10. The predicted octanol–water partition coefficient (Wildman–Crippen LogP) is 4.15. The fourth-order valence-electron chi connectivity index (χ4n) is 6.94. The zero-order chi connectivity index (χ0) is 43.3. The van der Waals surface area contributed by atoms with Gasteiger partial charge in [-0.2, -0.15) is 54.0 Å². The fraction of sp³-hybridized carbons (Fsp3) is 0.341. The molecule has 0 bridgehead atoms. The number of para-hydroxylation sites is 2. The third-order valence-corrected chi connectivity index (χ3v) is 11.1. The van der Waals surface area contributed by atoms with Crippen LogP contribution in [-0.2, 0) is 45.3 Å². The minimum atomic E-state index is -1.13. The van der Waals surface area contributed by atoms with Crippen molar-refractivity contribution in [2.24, 2.45) is 28.1 Å². The van der Waals surface area contributed by atoms with Gasteiger partial charge in [-0.3, -0.25) is 24.2 Å². The highest BCUT2D eigenvalue weighted by Crippen LogP contribution is 2.24. The largest absolute Gasteiger partial charge is 0.370 e. The van der Waals surface area contributed by atoms with E-state index < -0.39 is 41.9 Å². The summed E-state index contributed by atoms with van der Waals surface area (Å²) in [5.74, 6) is -2.19. The predicted molar refractivity (Wildman–Crippen MR) is 278 cm³/mol. The number of H-pyrrole nitrogens is 1. The van der Waals surface area contributed by atoms with Gasteiger partial charge in [0.25, 0.3) is 0 Å². The lowest BCUT2D eigenvalue weighted by molar-refractivity contribution is -0.132. The smallest absolute Gasteiger partial charge is 0.243 e. The monoisotopic (exact) mass is 983 g/mol. The number of hydrogen-bond donors (Lipinski definition) is 7. The summed E-state index contributed by atoms with van der Waals surface area (Å²) in [5.41, 5.74) is 21.6. The lowest BCUT2D eigenvalue weighted by Crippen LogP contribution is -2.58. The van der Waals surface area contributed by atoms with Gasteiger partial charge in [0.05, 0.1) is 35.2 Å². The van der Waals surface area contributed by atoms with E-state index in [4.69, 9.17) is 21.9 Å². The summed E-state index contributed by atoms with van der Waals surface area (Å²) in [4.78, 5) is 72.4. The number of aromatic nitrogens is 4. The Balaban J connectivity index is 0.00000363. The van der Waals surface area contributed by atoms with Gasteiger partial charge in [0.15, 0.2) is 11.0 Å². The summed E-state index contributed by atoms with van der Waals surface area (Å²) in [5, 5.41) is 9.81. The molecular weight excluding hydrogens is 923 g/mol. The molecule has 352 valence electrons. The summed E-state index contributed by atoms with van der Waals surface area (Å²) < 4.78 is 8.49. The van der Waals surface area contributed by atoms with Crippen molar-refractivity contribution in [3.05, 3.63) is 119 Å². The number of rotatable bonds is 22. The zero-order valence-corrected chi connectivity index (χ0v) is 41.1. The molecule has 3 aromatic carbocycles. The molecule has 3 aromatic heterocycles. The van der Waals surface area contributed by atoms with Crippen LogP contribution in [0.2, 0.25) is 0 Å². The van der Waals surface area contributed by atoms with Crippen LogP contribution in [0.5, 0.6) is 0 Å². The van der Waals surface area contributed by atoms with Crippen molar-refractivity contribution in [1.82, 2.24) is 35.5 Å². The highest BCUT2D eigenvalue weighted by molar-refractivity contribution is 7.59. The van der Waals surface area contributed by atoms with Crippen molar-refractivity contribution in [2.45, 2.75) is 83.5 Å². The second-order valence-corrected chi connectivity index (χ2v) is 16.3. The Morgan fingerprint density at radius 3 is 2.22 bits per heavy atom. The van der Waals surface area contributed by atoms with Crippen LogP contribution in [0.3, 0.4) is 0 Å². The first-order valence-corrected chi connectivity index (χ1v) is 21.0. The summed E-state index contributed by atoms with van der Waals surface area (Å²) in [6.45, 7) is 4.69. The molecule has 0 fully saturated rings. The molecule has 4 atom stereocenters. The number of carbonyl (C=O) groups is 4. The van der Waals surface area contributed by atoms with E-state index in [1.165, 1.54) is 11.3 Å². The summed E-state index contributed by atoms with van der Waals surface area (Å²) >= 11 is 1.24. The van der Waals surface area contributed by atoms with E-state index in [-0.39, 0.29) is 116 Å². The number of aliphatic imine (C=N–C) groups is 1. The highest BCUT2D eigenvalue weighted by Gasteiger charge is 2.32. The molecule has 0 aliphatic rings. The van der Waals surface area contributed by atoms with Crippen molar-refractivity contribution in [2.75, 3.05) is 6.54 Å². The van der Waals surface area contributed by atoms with Crippen molar-refractivity contribution >= 4 is 116 Å². The van der Waals surface area contributed by atoms with Crippen LogP contribution in [0.1, 0.15) is 59.7 Å². The second-order valence-electron chi connectivity index (χ2n) is 15.3. The number of ether oxygens (including phenoxy) is 1. The Hall–Kier alpha value is -5.03. The molecule has 10 N–H and O–H groups in total. The number of guanidine groups is 1. The number of amides is 3. The van der Waals surface area contributed by atoms with Crippen molar-refractivity contribution < 1.29 is 23.9 Å². The van der Waals surface area contributed by atoms with Crippen LogP contribution in [0, 0.1) is 5.92 Å². The van der Waals surface area contributed by atoms with E-state index in [0.29, 0.717) is 24.2 Å². The Morgan fingerprint density at radius 2 is 1.49 bits per heavy atom. The average Bonchev–Trinajstić information content (AvgIpc) is 4.00. The van der Waals surface area contributed by atoms with Gasteiger partial charge >= 0.3 is 0 Å².